The molecule has 2 aliphatic rings. The van der Waals surface area contributed by atoms with Gasteiger partial charge in [-0.25, -0.2) is 0 Å². The van der Waals surface area contributed by atoms with Crippen LogP contribution in [0.3, 0.4) is 0 Å². The molecule has 0 bridgehead atoms. The van der Waals surface area contributed by atoms with Crippen molar-refractivity contribution in [1.29, 1.82) is 0 Å². The summed E-state index contributed by atoms with van der Waals surface area (Å²) < 4.78 is 0. The van der Waals surface area contributed by atoms with Gasteiger partial charge in [-0.05, 0) is 37.5 Å². The van der Waals surface area contributed by atoms with Gasteiger partial charge < -0.3 is 5.73 Å². The van der Waals surface area contributed by atoms with E-state index >= 15 is 0 Å². The molecule has 3 unspecified atom stereocenters. The summed E-state index contributed by atoms with van der Waals surface area (Å²) in [6.07, 6.45) is 3.83. The molecule has 0 amide bonds. The molecule has 2 rings (SSSR count). The van der Waals surface area contributed by atoms with Crippen LogP contribution in [0.15, 0.2) is 0 Å². The molecule has 0 aromatic carbocycles. The Balaban J connectivity index is 1.91. The van der Waals surface area contributed by atoms with Crippen LogP contribution in [0.2, 0.25) is 0 Å². The molecular formula is C14H28N2S. The van der Waals surface area contributed by atoms with Gasteiger partial charge in [-0.2, -0.15) is 11.8 Å². The summed E-state index contributed by atoms with van der Waals surface area (Å²) in [5, 5.41) is 0. The Morgan fingerprint density at radius 2 is 2.18 bits per heavy atom. The Kier molecular flexibility index (Phi) is 4.43. The molecule has 3 heteroatoms. The van der Waals surface area contributed by atoms with Crippen LogP contribution in [0.5, 0.6) is 0 Å². The van der Waals surface area contributed by atoms with E-state index in [1.54, 1.807) is 0 Å². The first kappa shape index (κ1) is 13.7. The van der Waals surface area contributed by atoms with Gasteiger partial charge in [0.2, 0.25) is 0 Å². The van der Waals surface area contributed by atoms with Crippen LogP contribution < -0.4 is 5.73 Å². The maximum Gasteiger partial charge on any atom is 0.0158 e. The molecule has 0 aromatic heterocycles. The summed E-state index contributed by atoms with van der Waals surface area (Å²) in [7, 11) is 0. The average Bonchev–Trinajstić information content (AvgIpc) is 2.26. The van der Waals surface area contributed by atoms with Crippen molar-refractivity contribution in [3.8, 4) is 0 Å². The minimum Gasteiger partial charge on any atom is -0.327 e. The number of hydrogen-bond acceptors (Lipinski definition) is 3. The zero-order valence-electron chi connectivity index (χ0n) is 11.6. The Bertz CT molecular complexity index is 255. The van der Waals surface area contributed by atoms with Gasteiger partial charge in [-0.1, -0.05) is 13.8 Å². The third-order valence-corrected chi connectivity index (χ3v) is 5.74. The molecule has 17 heavy (non-hydrogen) atoms. The Labute approximate surface area is 111 Å². The molecule has 1 heterocycles. The summed E-state index contributed by atoms with van der Waals surface area (Å²) in [5.41, 5.74) is 6.84. The summed E-state index contributed by atoms with van der Waals surface area (Å²) in [5.74, 6) is 3.31. The fraction of sp³-hybridized carbons (Fsp3) is 1.00. The first-order valence-corrected chi connectivity index (χ1v) is 8.21. The van der Waals surface area contributed by atoms with Crippen LogP contribution in [-0.4, -0.2) is 41.6 Å². The van der Waals surface area contributed by atoms with Crippen molar-refractivity contribution in [2.45, 2.75) is 52.1 Å². The number of nitrogens with zero attached hydrogens (tertiary/aromatic N) is 1. The maximum absolute atomic E-state index is 6.33. The monoisotopic (exact) mass is 256 g/mol. The van der Waals surface area contributed by atoms with E-state index in [1.807, 2.05) is 0 Å². The van der Waals surface area contributed by atoms with Gasteiger partial charge in [0.15, 0.2) is 0 Å². The van der Waals surface area contributed by atoms with E-state index in [2.05, 4.69) is 37.4 Å². The van der Waals surface area contributed by atoms with Crippen molar-refractivity contribution in [3.05, 3.63) is 0 Å². The van der Waals surface area contributed by atoms with Crippen molar-refractivity contribution < 1.29 is 0 Å². The zero-order valence-corrected chi connectivity index (χ0v) is 12.4. The largest absolute Gasteiger partial charge is 0.327 e. The van der Waals surface area contributed by atoms with Gasteiger partial charge in [0, 0.05) is 36.7 Å². The van der Waals surface area contributed by atoms with E-state index in [1.165, 1.54) is 43.9 Å². The molecule has 1 saturated heterocycles. The van der Waals surface area contributed by atoms with E-state index in [0.29, 0.717) is 17.4 Å². The van der Waals surface area contributed by atoms with Gasteiger partial charge in [0.1, 0.15) is 0 Å². The fourth-order valence-electron chi connectivity index (χ4n) is 3.29. The van der Waals surface area contributed by atoms with Crippen LogP contribution in [0.1, 0.15) is 40.0 Å². The normalized spacial score (nSPS) is 39.2. The van der Waals surface area contributed by atoms with E-state index in [9.17, 15) is 0 Å². The topological polar surface area (TPSA) is 29.3 Å². The molecule has 2 fully saturated rings. The summed E-state index contributed by atoms with van der Waals surface area (Å²) in [6.45, 7) is 9.66. The molecule has 0 radical (unpaired) electrons. The molecule has 0 spiro atoms. The molecule has 3 atom stereocenters. The fourth-order valence-corrected chi connectivity index (χ4v) is 4.37. The standard InChI is InChI=1S/C14H28N2S/c1-11-10-17-7-6-16(11)9-12-8-14(2,3)5-4-13(12)15/h11-13H,4-10,15H2,1-3H3. The highest BCUT2D eigenvalue weighted by atomic mass is 32.2. The minimum absolute atomic E-state index is 0.435. The first-order valence-electron chi connectivity index (χ1n) is 7.05. The van der Waals surface area contributed by atoms with Gasteiger partial charge in [-0.3, -0.25) is 4.90 Å². The molecule has 0 aromatic rings. The predicted octanol–water partition coefficient (Wildman–Crippen LogP) is 2.58. The Hall–Kier alpha value is 0.270. The van der Waals surface area contributed by atoms with E-state index in [4.69, 9.17) is 5.73 Å². The smallest absolute Gasteiger partial charge is 0.0158 e. The number of rotatable bonds is 2. The van der Waals surface area contributed by atoms with Crippen LogP contribution in [0, 0.1) is 11.3 Å². The summed E-state index contributed by atoms with van der Waals surface area (Å²) >= 11 is 2.10. The van der Waals surface area contributed by atoms with Crippen molar-refractivity contribution >= 4 is 11.8 Å². The average molecular weight is 256 g/mol. The second-order valence-electron chi connectivity index (χ2n) is 6.75. The highest BCUT2D eigenvalue weighted by Crippen LogP contribution is 2.38. The Morgan fingerprint density at radius 1 is 1.41 bits per heavy atom. The molecule has 100 valence electrons. The highest BCUT2D eigenvalue weighted by Gasteiger charge is 2.34. The number of thioether (sulfide) groups is 1. The van der Waals surface area contributed by atoms with Crippen molar-refractivity contribution in [2.75, 3.05) is 24.6 Å². The van der Waals surface area contributed by atoms with E-state index in [-0.39, 0.29) is 0 Å². The van der Waals surface area contributed by atoms with Crippen LogP contribution in [0.25, 0.3) is 0 Å². The number of hydrogen-bond donors (Lipinski definition) is 1. The Morgan fingerprint density at radius 3 is 2.88 bits per heavy atom. The minimum atomic E-state index is 0.435. The molecule has 1 aliphatic heterocycles. The van der Waals surface area contributed by atoms with Crippen molar-refractivity contribution in [2.24, 2.45) is 17.1 Å². The zero-order chi connectivity index (χ0) is 12.5. The number of nitrogens with two attached hydrogens (primary N) is 1. The highest BCUT2D eigenvalue weighted by molar-refractivity contribution is 7.99. The van der Waals surface area contributed by atoms with Crippen LogP contribution in [-0.2, 0) is 0 Å². The summed E-state index contributed by atoms with van der Waals surface area (Å²) in [4.78, 5) is 2.67. The lowest BCUT2D eigenvalue weighted by Crippen LogP contribution is -2.49. The SMILES string of the molecule is CC1CSCCN1CC1CC(C)(C)CCC1N. The molecule has 2 N–H and O–H groups in total. The second kappa shape index (κ2) is 5.50. The quantitative estimate of drug-likeness (QED) is 0.823. The third kappa shape index (κ3) is 3.62. The lowest BCUT2D eigenvalue weighted by atomic mass is 9.70. The van der Waals surface area contributed by atoms with E-state index < -0.39 is 0 Å². The molecule has 1 aliphatic carbocycles. The van der Waals surface area contributed by atoms with Crippen molar-refractivity contribution in [3.63, 3.8) is 0 Å². The van der Waals surface area contributed by atoms with E-state index in [0.717, 1.165) is 6.04 Å². The lowest BCUT2D eigenvalue weighted by Gasteiger charge is -2.43. The van der Waals surface area contributed by atoms with Crippen LogP contribution >= 0.6 is 11.8 Å². The van der Waals surface area contributed by atoms with Crippen molar-refractivity contribution in [1.82, 2.24) is 4.90 Å². The van der Waals surface area contributed by atoms with Crippen LogP contribution in [0.4, 0.5) is 0 Å². The second-order valence-corrected chi connectivity index (χ2v) is 7.90. The summed E-state index contributed by atoms with van der Waals surface area (Å²) in [6, 6.07) is 1.18. The lowest BCUT2D eigenvalue weighted by molar-refractivity contribution is 0.103. The van der Waals surface area contributed by atoms with Gasteiger partial charge in [0.05, 0.1) is 0 Å². The maximum atomic E-state index is 6.33. The van der Waals surface area contributed by atoms with Gasteiger partial charge in [0.25, 0.3) is 0 Å². The molecular weight excluding hydrogens is 228 g/mol. The third-order valence-electron chi connectivity index (χ3n) is 4.55. The van der Waals surface area contributed by atoms with Gasteiger partial charge in [-0.15, -0.1) is 0 Å². The predicted molar refractivity (Wildman–Crippen MR) is 77.5 cm³/mol. The molecule has 2 nitrogen and oxygen atoms in total. The first-order chi connectivity index (χ1) is 7.98. The van der Waals surface area contributed by atoms with Gasteiger partial charge >= 0.3 is 0 Å². The molecule has 1 saturated carbocycles.